The van der Waals surface area contributed by atoms with Crippen molar-refractivity contribution in [2.75, 3.05) is 33.3 Å². The standard InChI is InChI=1S/C15H23NO5/c1-15(2,3)21-9-13(17)16-10-7-11(18-4)14(20-6)12(8-10)19-5/h7-8H,9H2,1-6H3,(H,16,17). The number of ether oxygens (including phenoxy) is 4. The zero-order valence-electron chi connectivity index (χ0n) is 13.4. The highest BCUT2D eigenvalue weighted by Gasteiger charge is 2.16. The van der Waals surface area contributed by atoms with Gasteiger partial charge in [0.15, 0.2) is 11.5 Å². The second-order valence-electron chi connectivity index (χ2n) is 5.36. The molecule has 0 radical (unpaired) electrons. The fourth-order valence-corrected chi connectivity index (χ4v) is 1.63. The summed E-state index contributed by atoms with van der Waals surface area (Å²) in [5.41, 5.74) is 0.180. The van der Waals surface area contributed by atoms with Crippen molar-refractivity contribution < 1.29 is 23.7 Å². The van der Waals surface area contributed by atoms with Crippen LogP contribution in [-0.2, 0) is 9.53 Å². The Labute approximate surface area is 125 Å². The Kier molecular flexibility index (Phi) is 5.84. The van der Waals surface area contributed by atoms with Gasteiger partial charge in [0.25, 0.3) is 0 Å². The van der Waals surface area contributed by atoms with Gasteiger partial charge in [-0.15, -0.1) is 0 Å². The molecule has 1 rings (SSSR count). The number of hydrogen-bond acceptors (Lipinski definition) is 5. The van der Waals surface area contributed by atoms with Crippen LogP contribution in [0.25, 0.3) is 0 Å². The van der Waals surface area contributed by atoms with E-state index in [0.29, 0.717) is 22.9 Å². The Bertz CT molecular complexity index is 468. The van der Waals surface area contributed by atoms with Gasteiger partial charge in [0.2, 0.25) is 11.7 Å². The molecule has 0 aliphatic rings. The number of amides is 1. The lowest BCUT2D eigenvalue weighted by molar-refractivity contribution is -0.125. The van der Waals surface area contributed by atoms with E-state index in [4.69, 9.17) is 18.9 Å². The molecule has 1 amide bonds. The highest BCUT2D eigenvalue weighted by atomic mass is 16.5. The van der Waals surface area contributed by atoms with Gasteiger partial charge in [0.1, 0.15) is 6.61 Å². The highest BCUT2D eigenvalue weighted by molar-refractivity contribution is 5.92. The molecule has 0 atom stereocenters. The fourth-order valence-electron chi connectivity index (χ4n) is 1.63. The summed E-state index contributed by atoms with van der Waals surface area (Å²) in [7, 11) is 4.56. The zero-order valence-corrected chi connectivity index (χ0v) is 13.4. The first-order valence-corrected chi connectivity index (χ1v) is 6.54. The van der Waals surface area contributed by atoms with Crippen LogP contribution < -0.4 is 19.5 Å². The van der Waals surface area contributed by atoms with Gasteiger partial charge in [-0.3, -0.25) is 4.79 Å². The van der Waals surface area contributed by atoms with Crippen molar-refractivity contribution in [3.8, 4) is 17.2 Å². The van der Waals surface area contributed by atoms with Crippen LogP contribution in [0.1, 0.15) is 20.8 Å². The number of rotatable bonds is 6. The van der Waals surface area contributed by atoms with E-state index < -0.39 is 0 Å². The SMILES string of the molecule is COc1cc(NC(=O)COC(C)(C)C)cc(OC)c1OC. The molecule has 118 valence electrons. The number of hydrogen-bond donors (Lipinski definition) is 1. The van der Waals surface area contributed by atoms with Crippen molar-refractivity contribution in [2.24, 2.45) is 0 Å². The zero-order chi connectivity index (χ0) is 16.0. The summed E-state index contributed by atoms with van der Waals surface area (Å²) in [6, 6.07) is 3.33. The molecule has 0 saturated carbocycles. The molecular formula is C15H23NO5. The minimum absolute atomic E-state index is 0.0276. The lowest BCUT2D eigenvalue weighted by Crippen LogP contribution is -2.27. The van der Waals surface area contributed by atoms with Gasteiger partial charge in [-0.25, -0.2) is 0 Å². The first kappa shape index (κ1) is 17.1. The van der Waals surface area contributed by atoms with E-state index in [9.17, 15) is 4.79 Å². The van der Waals surface area contributed by atoms with Crippen molar-refractivity contribution in [1.82, 2.24) is 0 Å². The molecule has 1 aromatic rings. The minimum Gasteiger partial charge on any atom is -0.493 e. The Morgan fingerprint density at radius 1 is 1.05 bits per heavy atom. The quantitative estimate of drug-likeness (QED) is 0.873. The third-order valence-corrected chi connectivity index (χ3v) is 2.58. The van der Waals surface area contributed by atoms with E-state index in [1.54, 1.807) is 12.1 Å². The molecule has 0 heterocycles. The third kappa shape index (κ3) is 5.15. The number of benzene rings is 1. The lowest BCUT2D eigenvalue weighted by Gasteiger charge is -2.19. The molecule has 0 fully saturated rings. The molecule has 21 heavy (non-hydrogen) atoms. The van der Waals surface area contributed by atoms with Crippen molar-refractivity contribution in [3.63, 3.8) is 0 Å². The summed E-state index contributed by atoms with van der Waals surface area (Å²) in [5.74, 6) is 1.18. The van der Waals surface area contributed by atoms with Gasteiger partial charge >= 0.3 is 0 Å². The maximum atomic E-state index is 11.9. The summed E-state index contributed by atoms with van der Waals surface area (Å²) in [4.78, 5) is 11.9. The molecule has 0 spiro atoms. The largest absolute Gasteiger partial charge is 0.493 e. The average molecular weight is 297 g/mol. The van der Waals surface area contributed by atoms with Gasteiger partial charge in [-0.05, 0) is 20.8 Å². The van der Waals surface area contributed by atoms with Crippen LogP contribution in [0.4, 0.5) is 5.69 Å². The number of anilines is 1. The van der Waals surface area contributed by atoms with E-state index in [0.717, 1.165) is 0 Å². The van der Waals surface area contributed by atoms with Crippen LogP contribution in [0.5, 0.6) is 17.2 Å². The van der Waals surface area contributed by atoms with Gasteiger partial charge in [0.05, 0.1) is 26.9 Å². The second kappa shape index (κ2) is 7.17. The van der Waals surface area contributed by atoms with Gasteiger partial charge < -0.3 is 24.3 Å². The van der Waals surface area contributed by atoms with Gasteiger partial charge in [-0.1, -0.05) is 0 Å². The average Bonchev–Trinajstić information content (AvgIpc) is 2.43. The maximum Gasteiger partial charge on any atom is 0.250 e. The Morgan fingerprint density at radius 3 is 1.95 bits per heavy atom. The predicted molar refractivity (Wildman–Crippen MR) is 80.4 cm³/mol. The summed E-state index contributed by atoms with van der Waals surface area (Å²) in [6.45, 7) is 5.64. The van der Waals surface area contributed by atoms with Gasteiger partial charge in [0, 0.05) is 17.8 Å². The monoisotopic (exact) mass is 297 g/mol. The molecular weight excluding hydrogens is 274 g/mol. The summed E-state index contributed by atoms with van der Waals surface area (Å²) < 4.78 is 21.1. The van der Waals surface area contributed by atoms with Crippen LogP contribution in [0, 0.1) is 0 Å². The molecule has 1 aromatic carbocycles. The smallest absolute Gasteiger partial charge is 0.250 e. The molecule has 0 bridgehead atoms. The Morgan fingerprint density at radius 2 is 1.57 bits per heavy atom. The van der Waals surface area contributed by atoms with Crippen molar-refractivity contribution in [2.45, 2.75) is 26.4 Å². The molecule has 0 unspecified atom stereocenters. The lowest BCUT2D eigenvalue weighted by atomic mass is 10.2. The minimum atomic E-state index is -0.368. The molecule has 6 nitrogen and oxygen atoms in total. The van der Waals surface area contributed by atoms with Crippen LogP contribution in [0.15, 0.2) is 12.1 Å². The van der Waals surface area contributed by atoms with E-state index >= 15 is 0 Å². The maximum absolute atomic E-state index is 11.9. The van der Waals surface area contributed by atoms with Gasteiger partial charge in [-0.2, -0.15) is 0 Å². The molecule has 0 aromatic heterocycles. The molecule has 0 aliphatic carbocycles. The normalized spacial score (nSPS) is 11.0. The van der Waals surface area contributed by atoms with E-state index in [-0.39, 0.29) is 18.1 Å². The number of carbonyl (C=O) groups is 1. The topological polar surface area (TPSA) is 66.0 Å². The highest BCUT2D eigenvalue weighted by Crippen LogP contribution is 2.39. The molecule has 0 saturated heterocycles. The fraction of sp³-hybridized carbons (Fsp3) is 0.533. The van der Waals surface area contributed by atoms with Crippen LogP contribution >= 0.6 is 0 Å². The number of methoxy groups -OCH3 is 3. The predicted octanol–water partition coefficient (Wildman–Crippen LogP) is 2.47. The number of nitrogens with one attached hydrogen (secondary N) is 1. The van der Waals surface area contributed by atoms with Crippen molar-refractivity contribution in [1.29, 1.82) is 0 Å². The van der Waals surface area contributed by atoms with Crippen LogP contribution in [0.2, 0.25) is 0 Å². The van der Waals surface area contributed by atoms with Crippen molar-refractivity contribution in [3.05, 3.63) is 12.1 Å². The summed E-state index contributed by atoms with van der Waals surface area (Å²) in [5, 5.41) is 2.74. The first-order valence-electron chi connectivity index (χ1n) is 6.54. The van der Waals surface area contributed by atoms with E-state index in [1.165, 1.54) is 21.3 Å². The Hall–Kier alpha value is -1.95. The summed E-state index contributed by atoms with van der Waals surface area (Å²) in [6.07, 6.45) is 0. The first-order chi connectivity index (χ1) is 9.80. The van der Waals surface area contributed by atoms with Crippen molar-refractivity contribution >= 4 is 11.6 Å². The number of carbonyl (C=O) groups excluding carboxylic acids is 1. The summed E-state index contributed by atoms with van der Waals surface area (Å²) >= 11 is 0. The van der Waals surface area contributed by atoms with Crippen LogP contribution in [0.3, 0.4) is 0 Å². The second-order valence-corrected chi connectivity index (χ2v) is 5.36. The van der Waals surface area contributed by atoms with E-state index in [1.807, 2.05) is 20.8 Å². The third-order valence-electron chi connectivity index (χ3n) is 2.58. The molecule has 1 N–H and O–H groups in total. The molecule has 6 heteroatoms. The van der Waals surface area contributed by atoms with Crippen LogP contribution in [-0.4, -0.2) is 39.4 Å². The molecule has 0 aliphatic heterocycles. The Balaban J connectivity index is 2.86. The van der Waals surface area contributed by atoms with E-state index in [2.05, 4.69) is 5.32 Å².